The lowest BCUT2D eigenvalue weighted by Crippen LogP contribution is -2.16. The van der Waals surface area contributed by atoms with Gasteiger partial charge < -0.3 is 5.32 Å². The molecule has 0 saturated heterocycles. The van der Waals surface area contributed by atoms with Crippen molar-refractivity contribution >= 4 is 23.4 Å². The highest BCUT2D eigenvalue weighted by molar-refractivity contribution is 7.98. The second kappa shape index (κ2) is 6.44. The van der Waals surface area contributed by atoms with E-state index in [1.165, 1.54) is 11.8 Å². The number of benzene rings is 1. The molecule has 0 aliphatic rings. The van der Waals surface area contributed by atoms with Gasteiger partial charge in [-0.1, -0.05) is 30.0 Å². The summed E-state index contributed by atoms with van der Waals surface area (Å²) in [6, 6.07) is 13.2. The zero-order valence-electron chi connectivity index (χ0n) is 11.9. The maximum absolute atomic E-state index is 12.5. The van der Waals surface area contributed by atoms with Gasteiger partial charge in [-0.3, -0.25) is 14.3 Å². The molecule has 110 valence electrons. The molecule has 0 fully saturated rings. The van der Waals surface area contributed by atoms with Gasteiger partial charge in [0.15, 0.2) is 5.16 Å². The molecule has 1 amide bonds. The Labute approximate surface area is 132 Å². The fourth-order valence-electron chi connectivity index (χ4n) is 2.10. The first kappa shape index (κ1) is 14.3. The Hall–Kier alpha value is -2.60. The largest absolute Gasteiger partial charge is 0.321 e. The molecule has 1 aromatic carbocycles. The number of nitrogens with one attached hydrogen (secondary N) is 1. The predicted molar refractivity (Wildman–Crippen MR) is 87.5 cm³/mol. The van der Waals surface area contributed by atoms with Crippen molar-refractivity contribution in [2.24, 2.45) is 0 Å². The van der Waals surface area contributed by atoms with Crippen molar-refractivity contribution in [2.45, 2.75) is 5.16 Å². The molecular weight excluding hydrogens is 296 g/mol. The topological polar surface area (TPSA) is 59.8 Å². The summed E-state index contributed by atoms with van der Waals surface area (Å²) in [5.74, 6) is -0.206. The summed E-state index contributed by atoms with van der Waals surface area (Å²) in [7, 11) is 0. The number of amides is 1. The van der Waals surface area contributed by atoms with E-state index in [1.54, 1.807) is 30.7 Å². The molecule has 0 aliphatic heterocycles. The standard InChI is InChI=1S/C16H14N4OS/c1-22-16-18-11-14(20(16)13-5-3-2-4-6-13)15(21)19-12-7-9-17-10-8-12/h2-11H,1H3,(H,17,19,21). The van der Waals surface area contributed by atoms with Crippen LogP contribution < -0.4 is 5.32 Å². The van der Waals surface area contributed by atoms with Gasteiger partial charge in [0.25, 0.3) is 5.91 Å². The maximum Gasteiger partial charge on any atom is 0.274 e. The van der Waals surface area contributed by atoms with Gasteiger partial charge in [0, 0.05) is 23.8 Å². The van der Waals surface area contributed by atoms with Crippen molar-refractivity contribution in [1.82, 2.24) is 14.5 Å². The number of nitrogens with zero attached hydrogens (tertiary/aromatic N) is 3. The van der Waals surface area contributed by atoms with Crippen LogP contribution in [0.4, 0.5) is 5.69 Å². The van der Waals surface area contributed by atoms with Crippen LogP contribution in [0.1, 0.15) is 10.5 Å². The molecule has 3 rings (SSSR count). The van der Waals surface area contributed by atoms with E-state index < -0.39 is 0 Å². The highest BCUT2D eigenvalue weighted by atomic mass is 32.2. The Balaban J connectivity index is 1.97. The van der Waals surface area contributed by atoms with Crippen LogP contribution in [0.2, 0.25) is 0 Å². The normalized spacial score (nSPS) is 10.4. The first-order valence-electron chi connectivity index (χ1n) is 6.68. The Bertz CT molecular complexity index is 771. The summed E-state index contributed by atoms with van der Waals surface area (Å²) in [4.78, 5) is 20.8. The Morgan fingerprint density at radius 3 is 2.55 bits per heavy atom. The van der Waals surface area contributed by atoms with Crippen molar-refractivity contribution in [2.75, 3.05) is 11.6 Å². The van der Waals surface area contributed by atoms with Crippen LogP contribution in [-0.4, -0.2) is 26.7 Å². The van der Waals surface area contributed by atoms with Gasteiger partial charge in [-0.2, -0.15) is 0 Å². The number of hydrogen-bond acceptors (Lipinski definition) is 4. The van der Waals surface area contributed by atoms with Gasteiger partial charge in [0.1, 0.15) is 5.69 Å². The van der Waals surface area contributed by atoms with E-state index in [0.29, 0.717) is 11.4 Å². The second-order valence-electron chi connectivity index (χ2n) is 4.49. The molecule has 0 unspecified atom stereocenters. The summed E-state index contributed by atoms with van der Waals surface area (Å²) in [6.07, 6.45) is 6.80. The van der Waals surface area contributed by atoms with Crippen molar-refractivity contribution < 1.29 is 4.79 Å². The third kappa shape index (κ3) is 2.87. The van der Waals surface area contributed by atoms with Crippen molar-refractivity contribution in [3.63, 3.8) is 0 Å². The molecule has 6 heteroatoms. The van der Waals surface area contributed by atoms with Gasteiger partial charge in [0.05, 0.1) is 6.20 Å². The van der Waals surface area contributed by atoms with Crippen LogP contribution in [0.25, 0.3) is 5.69 Å². The molecule has 2 heterocycles. The van der Waals surface area contributed by atoms with Crippen LogP contribution in [0.15, 0.2) is 66.2 Å². The molecular formula is C16H14N4OS. The van der Waals surface area contributed by atoms with Crippen LogP contribution >= 0.6 is 11.8 Å². The van der Waals surface area contributed by atoms with Crippen molar-refractivity contribution in [3.05, 3.63) is 66.7 Å². The zero-order chi connectivity index (χ0) is 15.4. The Kier molecular flexibility index (Phi) is 4.20. The lowest BCUT2D eigenvalue weighted by molar-refractivity contribution is 0.102. The van der Waals surface area contributed by atoms with E-state index in [4.69, 9.17) is 0 Å². The van der Waals surface area contributed by atoms with E-state index in [0.717, 1.165) is 10.8 Å². The first-order chi connectivity index (χ1) is 10.8. The fourth-order valence-corrected chi connectivity index (χ4v) is 2.64. The number of thioether (sulfide) groups is 1. The lowest BCUT2D eigenvalue weighted by atomic mass is 10.3. The number of para-hydroxylation sites is 1. The Morgan fingerprint density at radius 2 is 1.86 bits per heavy atom. The lowest BCUT2D eigenvalue weighted by Gasteiger charge is -2.11. The molecule has 1 N–H and O–H groups in total. The van der Waals surface area contributed by atoms with Gasteiger partial charge in [-0.05, 0) is 30.5 Å². The van der Waals surface area contributed by atoms with E-state index in [1.807, 2.05) is 41.2 Å². The average Bonchev–Trinajstić information content (AvgIpc) is 3.00. The van der Waals surface area contributed by atoms with E-state index in [-0.39, 0.29) is 5.91 Å². The monoisotopic (exact) mass is 310 g/mol. The average molecular weight is 310 g/mol. The minimum atomic E-state index is -0.206. The number of pyridine rings is 1. The quantitative estimate of drug-likeness (QED) is 0.752. The molecule has 0 radical (unpaired) electrons. The highest BCUT2D eigenvalue weighted by Gasteiger charge is 2.17. The molecule has 5 nitrogen and oxygen atoms in total. The summed E-state index contributed by atoms with van der Waals surface area (Å²) in [6.45, 7) is 0. The fraction of sp³-hybridized carbons (Fsp3) is 0.0625. The molecule has 0 spiro atoms. The van der Waals surface area contributed by atoms with Gasteiger partial charge in [-0.25, -0.2) is 4.98 Å². The van der Waals surface area contributed by atoms with Gasteiger partial charge >= 0.3 is 0 Å². The molecule has 0 atom stereocenters. The van der Waals surface area contributed by atoms with E-state index >= 15 is 0 Å². The van der Waals surface area contributed by atoms with Crippen molar-refractivity contribution in [1.29, 1.82) is 0 Å². The number of aromatic nitrogens is 3. The number of carbonyl (C=O) groups excluding carboxylic acids is 1. The molecule has 2 aromatic heterocycles. The second-order valence-corrected chi connectivity index (χ2v) is 5.26. The highest BCUT2D eigenvalue weighted by Crippen LogP contribution is 2.22. The SMILES string of the molecule is CSc1ncc(C(=O)Nc2ccncc2)n1-c1ccccc1. The van der Waals surface area contributed by atoms with Crippen LogP contribution in [0.5, 0.6) is 0 Å². The maximum atomic E-state index is 12.5. The summed E-state index contributed by atoms with van der Waals surface area (Å²) < 4.78 is 1.85. The Morgan fingerprint density at radius 1 is 1.14 bits per heavy atom. The number of rotatable bonds is 4. The minimum Gasteiger partial charge on any atom is -0.321 e. The van der Waals surface area contributed by atoms with E-state index in [2.05, 4.69) is 15.3 Å². The van der Waals surface area contributed by atoms with Crippen LogP contribution in [0.3, 0.4) is 0 Å². The third-order valence-electron chi connectivity index (χ3n) is 3.10. The minimum absolute atomic E-state index is 0.206. The number of carbonyl (C=O) groups is 1. The summed E-state index contributed by atoms with van der Waals surface area (Å²) >= 11 is 1.50. The first-order valence-corrected chi connectivity index (χ1v) is 7.90. The summed E-state index contributed by atoms with van der Waals surface area (Å²) in [5, 5.41) is 3.63. The number of hydrogen-bond donors (Lipinski definition) is 1. The van der Waals surface area contributed by atoms with Crippen molar-refractivity contribution in [3.8, 4) is 5.69 Å². The molecule has 0 aliphatic carbocycles. The van der Waals surface area contributed by atoms with Crippen LogP contribution in [-0.2, 0) is 0 Å². The number of anilines is 1. The number of imidazole rings is 1. The molecule has 0 saturated carbocycles. The smallest absolute Gasteiger partial charge is 0.274 e. The van der Waals surface area contributed by atoms with Gasteiger partial charge in [0.2, 0.25) is 0 Å². The van der Waals surface area contributed by atoms with Crippen LogP contribution in [0, 0.1) is 0 Å². The predicted octanol–water partition coefficient (Wildman–Crippen LogP) is 3.24. The molecule has 22 heavy (non-hydrogen) atoms. The van der Waals surface area contributed by atoms with E-state index in [9.17, 15) is 4.79 Å². The summed E-state index contributed by atoms with van der Waals surface area (Å²) in [5.41, 5.74) is 2.10. The zero-order valence-corrected chi connectivity index (χ0v) is 12.7. The van der Waals surface area contributed by atoms with Gasteiger partial charge in [-0.15, -0.1) is 0 Å². The third-order valence-corrected chi connectivity index (χ3v) is 3.75. The molecule has 3 aromatic rings. The molecule has 0 bridgehead atoms.